The van der Waals surface area contributed by atoms with Gasteiger partial charge in [0.05, 0.1) is 27.6 Å². The summed E-state index contributed by atoms with van der Waals surface area (Å²) < 4.78 is 4.99. The molecule has 3 aromatic heterocycles. The molecular weight excluding hydrogens is 585 g/mol. The number of para-hydroxylation sites is 2. The van der Waals surface area contributed by atoms with Crippen LogP contribution in [0.5, 0.6) is 0 Å². The van der Waals surface area contributed by atoms with E-state index in [0.29, 0.717) is 0 Å². The maximum atomic E-state index is 2.51. The predicted octanol–water partition coefficient (Wildman–Crippen LogP) is 8.74. The molecule has 0 radical (unpaired) electrons. The van der Waals surface area contributed by atoms with Gasteiger partial charge in [0.25, 0.3) is 0 Å². The minimum Gasteiger partial charge on any atom is -0.309 e. The Kier molecular flexibility index (Phi) is 5.78. The molecule has 10 aromatic rings. The molecule has 3 heteroatoms. The average molecular weight is 615 g/mol. The summed E-state index contributed by atoms with van der Waals surface area (Å²) in [5, 5.41) is 12.0. The maximum absolute atomic E-state index is 2.51. The normalized spacial score (nSPS) is 12.0. The summed E-state index contributed by atoms with van der Waals surface area (Å²) in [5.41, 5.74) is 7.41. The lowest BCUT2D eigenvalue weighted by Gasteiger charge is -2.19. The molecule has 0 unspecified atom stereocenters. The first-order valence-corrected chi connectivity index (χ1v) is 18.1. The van der Waals surface area contributed by atoms with Crippen molar-refractivity contribution in [3.8, 4) is 5.69 Å². The van der Waals surface area contributed by atoms with Crippen LogP contribution in [0.15, 0.2) is 176 Å². The van der Waals surface area contributed by atoms with E-state index in [4.69, 9.17) is 0 Å². The molecule has 0 aliphatic heterocycles. The quantitative estimate of drug-likeness (QED) is 0.107. The zero-order valence-corrected chi connectivity index (χ0v) is 26.9. The standard InChI is InChI=1S/C44H30N2Si/c1-3-15-32(16-4-1)47(33-17-5-2-6-18-33)34-19-13-14-31(29-34)45-40-25-12-10-23-38(40)43-41(45)27-26-30-28-42-37-22-8-7-20-35(37)36-21-9-11-24-39(36)46(42)44(30)43/h1-29,47H. The summed E-state index contributed by atoms with van der Waals surface area (Å²) in [6.07, 6.45) is 0. The van der Waals surface area contributed by atoms with Crippen molar-refractivity contribution in [1.29, 1.82) is 0 Å². The van der Waals surface area contributed by atoms with E-state index in [1.54, 1.807) is 0 Å². The second-order valence-electron chi connectivity index (χ2n) is 12.5. The maximum Gasteiger partial charge on any atom is 0.133 e. The molecule has 0 spiro atoms. The van der Waals surface area contributed by atoms with Crippen LogP contribution in [0.25, 0.3) is 65.6 Å². The third kappa shape index (κ3) is 3.90. The van der Waals surface area contributed by atoms with Crippen LogP contribution in [0.2, 0.25) is 0 Å². The molecule has 0 bridgehead atoms. The summed E-state index contributed by atoms with van der Waals surface area (Å²) >= 11 is 0. The monoisotopic (exact) mass is 614 g/mol. The first kappa shape index (κ1) is 26.3. The van der Waals surface area contributed by atoms with Crippen LogP contribution in [0.4, 0.5) is 0 Å². The van der Waals surface area contributed by atoms with E-state index in [2.05, 4.69) is 185 Å². The molecule has 0 aliphatic rings. The molecular formula is C44H30N2Si. The Morgan fingerprint density at radius 3 is 1.66 bits per heavy atom. The van der Waals surface area contributed by atoms with Gasteiger partial charge in [-0.25, -0.2) is 0 Å². The molecule has 0 N–H and O–H groups in total. The van der Waals surface area contributed by atoms with Gasteiger partial charge in [0.1, 0.15) is 8.80 Å². The van der Waals surface area contributed by atoms with Crippen molar-refractivity contribution >= 4 is 84.3 Å². The topological polar surface area (TPSA) is 9.34 Å². The molecule has 7 aromatic carbocycles. The lowest BCUT2D eigenvalue weighted by molar-refractivity contribution is 1.18. The van der Waals surface area contributed by atoms with Gasteiger partial charge in [0.2, 0.25) is 0 Å². The molecule has 0 fully saturated rings. The molecule has 0 saturated carbocycles. The first-order chi connectivity index (χ1) is 23.3. The summed E-state index contributed by atoms with van der Waals surface area (Å²) in [6, 6.07) is 65.1. The third-order valence-electron chi connectivity index (χ3n) is 9.96. The number of aromatic nitrogens is 2. The van der Waals surface area contributed by atoms with E-state index in [0.717, 1.165) is 0 Å². The van der Waals surface area contributed by atoms with Crippen LogP contribution in [-0.4, -0.2) is 17.8 Å². The van der Waals surface area contributed by atoms with Crippen LogP contribution in [0.3, 0.4) is 0 Å². The van der Waals surface area contributed by atoms with Crippen LogP contribution >= 0.6 is 0 Å². The van der Waals surface area contributed by atoms with Crippen molar-refractivity contribution in [3.05, 3.63) is 176 Å². The second kappa shape index (κ2) is 10.3. The van der Waals surface area contributed by atoms with Gasteiger partial charge in [0, 0.05) is 32.6 Å². The Balaban J connectivity index is 1.30. The number of rotatable bonds is 4. The predicted molar refractivity (Wildman–Crippen MR) is 203 cm³/mol. The Bertz CT molecular complexity index is 2750. The zero-order chi connectivity index (χ0) is 30.9. The molecule has 0 atom stereocenters. The zero-order valence-electron chi connectivity index (χ0n) is 25.7. The van der Waals surface area contributed by atoms with Crippen molar-refractivity contribution in [2.24, 2.45) is 0 Å². The SMILES string of the molecule is c1ccc([SiH](c2ccccc2)c2cccc(-n3c4ccccc4c4c3ccc3cc5c6ccccc6c6ccccc6n5c34)c2)cc1. The van der Waals surface area contributed by atoms with Gasteiger partial charge in [-0.1, -0.05) is 155 Å². The minimum atomic E-state index is -1.70. The van der Waals surface area contributed by atoms with Crippen molar-refractivity contribution in [1.82, 2.24) is 8.97 Å². The lowest BCUT2D eigenvalue weighted by Crippen LogP contribution is -2.51. The van der Waals surface area contributed by atoms with E-state index >= 15 is 0 Å². The highest BCUT2D eigenvalue weighted by Gasteiger charge is 2.22. The molecule has 0 amide bonds. The van der Waals surface area contributed by atoms with Gasteiger partial charge in [-0.2, -0.15) is 0 Å². The van der Waals surface area contributed by atoms with E-state index < -0.39 is 8.80 Å². The molecule has 0 aliphatic carbocycles. The summed E-state index contributed by atoms with van der Waals surface area (Å²) in [4.78, 5) is 0. The number of fused-ring (bicyclic) bond motifs is 12. The van der Waals surface area contributed by atoms with Gasteiger partial charge in [0.15, 0.2) is 0 Å². The minimum absolute atomic E-state index is 1.20. The van der Waals surface area contributed by atoms with Crippen LogP contribution in [-0.2, 0) is 0 Å². The van der Waals surface area contributed by atoms with Crippen LogP contribution < -0.4 is 15.6 Å². The Hall–Kier alpha value is -5.90. The number of hydrogen-bond acceptors (Lipinski definition) is 0. The van der Waals surface area contributed by atoms with Crippen molar-refractivity contribution in [3.63, 3.8) is 0 Å². The summed E-state index contributed by atoms with van der Waals surface area (Å²) in [6.45, 7) is 0. The molecule has 3 heterocycles. The van der Waals surface area contributed by atoms with Crippen molar-refractivity contribution < 1.29 is 0 Å². The molecule has 220 valence electrons. The van der Waals surface area contributed by atoms with Gasteiger partial charge in [-0.3, -0.25) is 0 Å². The van der Waals surface area contributed by atoms with Gasteiger partial charge >= 0.3 is 0 Å². The highest BCUT2D eigenvalue weighted by atomic mass is 28.3. The van der Waals surface area contributed by atoms with E-state index in [1.165, 1.54) is 81.1 Å². The molecule has 2 nitrogen and oxygen atoms in total. The second-order valence-corrected chi connectivity index (χ2v) is 15.4. The van der Waals surface area contributed by atoms with Crippen LogP contribution in [0.1, 0.15) is 0 Å². The Morgan fingerprint density at radius 1 is 0.362 bits per heavy atom. The smallest absolute Gasteiger partial charge is 0.133 e. The molecule has 0 saturated heterocycles. The Morgan fingerprint density at radius 2 is 0.936 bits per heavy atom. The average Bonchev–Trinajstić information content (AvgIpc) is 3.70. The number of pyridine rings is 1. The van der Waals surface area contributed by atoms with E-state index in [-0.39, 0.29) is 0 Å². The lowest BCUT2D eigenvalue weighted by atomic mass is 10.1. The summed E-state index contributed by atoms with van der Waals surface area (Å²) in [5.74, 6) is 0. The molecule has 10 rings (SSSR count). The number of nitrogens with zero attached hydrogens (tertiary/aromatic N) is 2. The van der Waals surface area contributed by atoms with Crippen molar-refractivity contribution in [2.45, 2.75) is 0 Å². The van der Waals surface area contributed by atoms with Crippen molar-refractivity contribution in [2.75, 3.05) is 0 Å². The van der Waals surface area contributed by atoms with Gasteiger partial charge in [-0.05, 0) is 41.8 Å². The Labute approximate surface area is 274 Å². The third-order valence-corrected chi connectivity index (χ3v) is 13.1. The number of benzene rings is 7. The van der Waals surface area contributed by atoms with Gasteiger partial charge in [-0.15, -0.1) is 0 Å². The number of hydrogen-bond donors (Lipinski definition) is 0. The fraction of sp³-hybridized carbons (Fsp3) is 0. The fourth-order valence-corrected chi connectivity index (χ4v) is 11.0. The van der Waals surface area contributed by atoms with Gasteiger partial charge < -0.3 is 8.97 Å². The summed E-state index contributed by atoms with van der Waals surface area (Å²) in [7, 11) is -1.70. The highest BCUT2D eigenvalue weighted by Crippen LogP contribution is 2.41. The fourth-order valence-electron chi connectivity index (χ4n) is 8.02. The molecule has 47 heavy (non-hydrogen) atoms. The van der Waals surface area contributed by atoms with E-state index in [1.807, 2.05) is 0 Å². The first-order valence-electron chi connectivity index (χ1n) is 16.3. The highest BCUT2D eigenvalue weighted by molar-refractivity contribution is 6.95. The van der Waals surface area contributed by atoms with Crippen LogP contribution in [0, 0.1) is 0 Å². The van der Waals surface area contributed by atoms with E-state index in [9.17, 15) is 0 Å². The largest absolute Gasteiger partial charge is 0.309 e.